The van der Waals surface area contributed by atoms with E-state index in [-0.39, 0.29) is 11.8 Å². The van der Waals surface area contributed by atoms with Crippen molar-refractivity contribution in [3.63, 3.8) is 0 Å². The highest BCUT2D eigenvalue weighted by atomic mass is 16.2. The molecule has 0 spiro atoms. The molecule has 0 aromatic heterocycles. The Kier molecular flexibility index (Phi) is 7.25. The minimum Gasteiger partial charge on any atom is -0.359 e. The van der Waals surface area contributed by atoms with Crippen LogP contribution in [0.5, 0.6) is 0 Å². The first-order chi connectivity index (χ1) is 12.4. The zero-order valence-corrected chi connectivity index (χ0v) is 16.7. The average molecular weight is 367 g/mol. The van der Waals surface area contributed by atoms with Gasteiger partial charge in [-0.15, -0.1) is 0 Å². The first-order valence-electron chi connectivity index (χ1n) is 9.55. The van der Waals surface area contributed by atoms with E-state index in [4.69, 9.17) is 0 Å². The van der Waals surface area contributed by atoms with E-state index >= 15 is 0 Å². The normalized spacial score (nSPS) is 19.6. The van der Waals surface area contributed by atoms with E-state index < -0.39 is 5.41 Å². The Bertz CT molecular complexity index is 520. The van der Waals surface area contributed by atoms with Crippen LogP contribution >= 0.6 is 0 Å². The number of carbonyl (C=O) groups is 2. The molecule has 2 heterocycles. The molecule has 2 saturated heterocycles. The number of aliphatic imine (C=N–C) groups is 1. The minimum absolute atomic E-state index is 0.00528. The third-order valence-electron chi connectivity index (χ3n) is 5.23. The number of carbonyl (C=O) groups excluding carboxylic acids is 2. The van der Waals surface area contributed by atoms with Gasteiger partial charge in [0.05, 0.1) is 12.0 Å². The van der Waals surface area contributed by atoms with Gasteiger partial charge >= 0.3 is 0 Å². The monoisotopic (exact) mass is 366 g/mol. The van der Waals surface area contributed by atoms with Gasteiger partial charge in [-0.05, 0) is 26.7 Å². The van der Waals surface area contributed by atoms with Gasteiger partial charge in [-0.25, -0.2) is 0 Å². The highest BCUT2D eigenvalue weighted by molar-refractivity contribution is 5.84. The van der Waals surface area contributed by atoms with Crippen molar-refractivity contribution in [2.24, 2.45) is 10.4 Å². The Balaban J connectivity index is 1.78. The molecular weight excluding hydrogens is 332 g/mol. The van der Waals surface area contributed by atoms with E-state index in [0.29, 0.717) is 13.1 Å². The zero-order valence-electron chi connectivity index (χ0n) is 16.7. The Morgan fingerprint density at radius 3 is 2.15 bits per heavy atom. The number of hydrogen-bond donors (Lipinski definition) is 2. The fourth-order valence-electron chi connectivity index (χ4n) is 3.43. The first-order valence-corrected chi connectivity index (χ1v) is 9.55. The summed E-state index contributed by atoms with van der Waals surface area (Å²) in [6, 6.07) is 0. The maximum atomic E-state index is 12.3. The second-order valence-corrected chi connectivity index (χ2v) is 7.71. The van der Waals surface area contributed by atoms with Crippen molar-refractivity contribution >= 4 is 17.8 Å². The molecule has 0 bridgehead atoms. The van der Waals surface area contributed by atoms with Crippen LogP contribution in [0, 0.1) is 5.41 Å². The second-order valence-electron chi connectivity index (χ2n) is 7.71. The predicted molar refractivity (Wildman–Crippen MR) is 103 cm³/mol. The highest BCUT2D eigenvalue weighted by Gasteiger charge is 2.28. The zero-order chi connectivity index (χ0) is 19.2. The molecule has 8 heteroatoms. The molecule has 26 heavy (non-hydrogen) atoms. The van der Waals surface area contributed by atoms with Gasteiger partial charge in [0.1, 0.15) is 0 Å². The van der Waals surface area contributed by atoms with E-state index in [2.05, 4.69) is 25.4 Å². The summed E-state index contributed by atoms with van der Waals surface area (Å²) < 4.78 is 0. The van der Waals surface area contributed by atoms with Gasteiger partial charge in [0, 0.05) is 59.9 Å². The fourth-order valence-corrected chi connectivity index (χ4v) is 3.43. The molecule has 2 N–H and O–H groups in total. The quantitative estimate of drug-likeness (QED) is 0.510. The second kappa shape index (κ2) is 9.21. The Morgan fingerprint density at radius 2 is 1.62 bits per heavy atom. The predicted octanol–water partition coefficient (Wildman–Crippen LogP) is -0.426. The first kappa shape index (κ1) is 20.5. The number of piperazine rings is 1. The van der Waals surface area contributed by atoms with Crippen molar-refractivity contribution in [1.82, 2.24) is 25.3 Å². The van der Waals surface area contributed by atoms with Crippen molar-refractivity contribution in [1.29, 1.82) is 0 Å². The van der Waals surface area contributed by atoms with Crippen LogP contribution in [0.25, 0.3) is 0 Å². The number of nitrogens with zero attached hydrogens (tertiary/aromatic N) is 4. The molecule has 2 aliphatic heterocycles. The summed E-state index contributed by atoms with van der Waals surface area (Å²) in [5, 5.41) is 6.02. The topological polar surface area (TPSA) is 80.3 Å². The van der Waals surface area contributed by atoms with Gasteiger partial charge in [-0.1, -0.05) is 0 Å². The molecule has 0 aromatic rings. The van der Waals surface area contributed by atoms with Crippen molar-refractivity contribution < 1.29 is 9.59 Å². The molecule has 0 aliphatic carbocycles. The van der Waals surface area contributed by atoms with Crippen molar-refractivity contribution in [2.75, 3.05) is 66.5 Å². The maximum Gasteiger partial charge on any atom is 0.236 e. The van der Waals surface area contributed by atoms with Gasteiger partial charge in [0.15, 0.2) is 5.96 Å². The van der Waals surface area contributed by atoms with Gasteiger partial charge in [-0.3, -0.25) is 19.5 Å². The van der Waals surface area contributed by atoms with Crippen LogP contribution in [0.15, 0.2) is 4.99 Å². The molecule has 0 atom stereocenters. The summed E-state index contributed by atoms with van der Waals surface area (Å²) >= 11 is 0. The number of rotatable bonds is 5. The van der Waals surface area contributed by atoms with Gasteiger partial charge < -0.3 is 20.4 Å². The van der Waals surface area contributed by atoms with Crippen LogP contribution in [-0.4, -0.2) is 98.9 Å². The summed E-state index contributed by atoms with van der Waals surface area (Å²) in [7, 11) is 3.42. The van der Waals surface area contributed by atoms with Crippen LogP contribution in [0.3, 0.4) is 0 Å². The lowest BCUT2D eigenvalue weighted by Crippen LogP contribution is -2.55. The maximum absolute atomic E-state index is 12.3. The molecule has 0 aromatic carbocycles. The molecular formula is C18H34N6O2. The van der Waals surface area contributed by atoms with Crippen LogP contribution < -0.4 is 10.6 Å². The van der Waals surface area contributed by atoms with Crippen LogP contribution in [0.4, 0.5) is 0 Å². The summed E-state index contributed by atoms with van der Waals surface area (Å²) in [6.45, 7) is 10.0. The Morgan fingerprint density at radius 1 is 1.00 bits per heavy atom. The van der Waals surface area contributed by atoms with Crippen molar-refractivity contribution in [2.45, 2.75) is 26.7 Å². The largest absolute Gasteiger partial charge is 0.359 e. The summed E-state index contributed by atoms with van der Waals surface area (Å²) in [6.07, 6.45) is 2.27. The summed E-state index contributed by atoms with van der Waals surface area (Å²) in [4.78, 5) is 35.0. The lowest BCUT2D eigenvalue weighted by molar-refractivity contribution is -0.131. The number of guanidine groups is 1. The fraction of sp³-hybridized carbons (Fsp3) is 0.833. The summed E-state index contributed by atoms with van der Waals surface area (Å²) in [5.74, 6) is 1.07. The molecule has 2 amide bonds. The third kappa shape index (κ3) is 5.33. The Hall–Kier alpha value is -1.83. The average Bonchev–Trinajstić information content (AvgIpc) is 3.17. The van der Waals surface area contributed by atoms with Gasteiger partial charge in [-0.2, -0.15) is 0 Å². The number of likely N-dealkylation sites (tertiary alicyclic amines) is 1. The van der Waals surface area contributed by atoms with Crippen LogP contribution in [0.1, 0.15) is 26.7 Å². The summed E-state index contributed by atoms with van der Waals surface area (Å²) in [5.41, 5.74) is -0.505. The number of hydrogen-bond acceptors (Lipinski definition) is 4. The number of amides is 2. The van der Waals surface area contributed by atoms with Crippen molar-refractivity contribution in [3.8, 4) is 0 Å². The SMILES string of the molecule is CN=C(NCC(C)(C)C(=O)NC)N1CCN(CC(=O)N2CCCC2)CC1. The lowest BCUT2D eigenvalue weighted by Gasteiger charge is -2.37. The van der Waals surface area contributed by atoms with E-state index in [1.807, 2.05) is 18.7 Å². The Labute approximate surface area is 157 Å². The standard InChI is InChI=1S/C18H34N6O2/c1-18(2,16(26)19-3)14-21-17(20-4)24-11-9-22(10-12-24)13-15(25)23-7-5-6-8-23/h5-14H2,1-4H3,(H,19,26)(H,20,21). The van der Waals surface area contributed by atoms with Crippen LogP contribution in [0.2, 0.25) is 0 Å². The van der Waals surface area contributed by atoms with Crippen molar-refractivity contribution in [3.05, 3.63) is 0 Å². The van der Waals surface area contributed by atoms with Gasteiger partial charge in [0.2, 0.25) is 11.8 Å². The third-order valence-corrected chi connectivity index (χ3v) is 5.23. The molecule has 148 valence electrons. The molecule has 0 radical (unpaired) electrons. The van der Waals surface area contributed by atoms with Crippen LogP contribution in [-0.2, 0) is 9.59 Å². The van der Waals surface area contributed by atoms with E-state index in [9.17, 15) is 9.59 Å². The van der Waals surface area contributed by atoms with Gasteiger partial charge in [0.25, 0.3) is 0 Å². The molecule has 2 fully saturated rings. The minimum atomic E-state index is -0.505. The number of nitrogens with one attached hydrogen (secondary N) is 2. The van der Waals surface area contributed by atoms with E-state index in [0.717, 1.165) is 58.1 Å². The highest BCUT2D eigenvalue weighted by Crippen LogP contribution is 2.14. The lowest BCUT2D eigenvalue weighted by atomic mass is 9.92. The van der Waals surface area contributed by atoms with E-state index in [1.54, 1.807) is 14.1 Å². The molecule has 2 rings (SSSR count). The molecule has 2 aliphatic rings. The van der Waals surface area contributed by atoms with E-state index in [1.165, 1.54) is 0 Å². The molecule has 0 saturated carbocycles. The molecule has 8 nitrogen and oxygen atoms in total. The smallest absolute Gasteiger partial charge is 0.236 e. The molecule has 0 unspecified atom stereocenters.